The van der Waals surface area contributed by atoms with Gasteiger partial charge in [-0.05, 0) is 43.7 Å². The Morgan fingerprint density at radius 1 is 1.07 bits per heavy atom. The number of ether oxygens (including phenoxy) is 1. The molecule has 0 heterocycles. The molecular formula is C18H17F2NO5S. The molecule has 0 fully saturated rings. The van der Waals surface area contributed by atoms with E-state index in [1.165, 1.54) is 25.1 Å². The number of aryl methyl sites for hydroxylation is 1. The van der Waals surface area contributed by atoms with Crippen LogP contribution in [-0.4, -0.2) is 32.7 Å². The van der Waals surface area contributed by atoms with Gasteiger partial charge in [-0.3, -0.25) is 4.79 Å². The van der Waals surface area contributed by atoms with E-state index in [-0.39, 0.29) is 16.1 Å². The first-order chi connectivity index (χ1) is 12.5. The van der Waals surface area contributed by atoms with Crippen molar-refractivity contribution in [3.63, 3.8) is 0 Å². The number of esters is 1. The number of anilines is 1. The van der Waals surface area contributed by atoms with E-state index >= 15 is 0 Å². The summed E-state index contributed by atoms with van der Waals surface area (Å²) in [6, 6.07) is 6.79. The molecule has 144 valence electrons. The monoisotopic (exact) mass is 397 g/mol. The van der Waals surface area contributed by atoms with Gasteiger partial charge in [0.05, 0.1) is 10.5 Å². The lowest BCUT2D eigenvalue weighted by atomic mass is 10.1. The van der Waals surface area contributed by atoms with Crippen LogP contribution in [0, 0.1) is 18.6 Å². The highest BCUT2D eigenvalue weighted by Gasteiger charge is 2.22. The second kappa shape index (κ2) is 7.83. The average molecular weight is 397 g/mol. The largest absolute Gasteiger partial charge is 0.449 e. The molecule has 1 N–H and O–H groups in total. The van der Waals surface area contributed by atoms with Crippen LogP contribution in [0.5, 0.6) is 0 Å². The highest BCUT2D eigenvalue weighted by molar-refractivity contribution is 7.90. The molecule has 0 bridgehead atoms. The van der Waals surface area contributed by atoms with Crippen molar-refractivity contribution in [3.8, 4) is 0 Å². The van der Waals surface area contributed by atoms with E-state index < -0.39 is 39.5 Å². The molecule has 0 saturated carbocycles. The molecule has 27 heavy (non-hydrogen) atoms. The molecule has 0 aromatic heterocycles. The first-order valence-corrected chi connectivity index (χ1v) is 9.66. The topological polar surface area (TPSA) is 89.5 Å². The van der Waals surface area contributed by atoms with Gasteiger partial charge in [0, 0.05) is 18.0 Å². The van der Waals surface area contributed by atoms with Gasteiger partial charge in [-0.25, -0.2) is 22.0 Å². The predicted octanol–water partition coefficient (Wildman–Crippen LogP) is 2.86. The summed E-state index contributed by atoms with van der Waals surface area (Å²) in [5, 5.41) is 2.30. The summed E-state index contributed by atoms with van der Waals surface area (Å²) >= 11 is 0. The summed E-state index contributed by atoms with van der Waals surface area (Å²) in [6.45, 7) is 2.89. The molecule has 2 aromatic rings. The maximum Gasteiger partial charge on any atom is 0.339 e. The van der Waals surface area contributed by atoms with Crippen LogP contribution in [0.4, 0.5) is 14.5 Å². The van der Waals surface area contributed by atoms with Crippen LogP contribution in [-0.2, 0) is 19.4 Å². The Balaban J connectivity index is 2.12. The molecule has 0 radical (unpaired) electrons. The lowest BCUT2D eigenvalue weighted by molar-refractivity contribution is -0.123. The molecule has 2 aromatic carbocycles. The van der Waals surface area contributed by atoms with Crippen LogP contribution in [0.2, 0.25) is 0 Å². The normalized spacial score (nSPS) is 12.3. The van der Waals surface area contributed by atoms with Gasteiger partial charge in [-0.1, -0.05) is 6.07 Å². The zero-order chi connectivity index (χ0) is 20.4. The minimum atomic E-state index is -3.52. The zero-order valence-corrected chi connectivity index (χ0v) is 15.6. The van der Waals surface area contributed by atoms with Crippen LogP contribution in [0.15, 0.2) is 41.3 Å². The van der Waals surface area contributed by atoms with Gasteiger partial charge in [0.25, 0.3) is 5.91 Å². The Kier molecular flexibility index (Phi) is 5.94. The fourth-order valence-electron chi connectivity index (χ4n) is 2.15. The number of nitrogens with one attached hydrogen (secondary N) is 1. The number of rotatable bonds is 5. The third-order valence-corrected chi connectivity index (χ3v) is 4.81. The van der Waals surface area contributed by atoms with E-state index in [2.05, 4.69) is 5.32 Å². The summed E-state index contributed by atoms with van der Waals surface area (Å²) in [4.78, 5) is 24.3. The van der Waals surface area contributed by atoms with Crippen molar-refractivity contribution in [2.24, 2.45) is 0 Å². The van der Waals surface area contributed by atoms with Crippen molar-refractivity contribution < 1.29 is 31.5 Å². The first kappa shape index (κ1) is 20.5. The fourth-order valence-corrected chi connectivity index (χ4v) is 2.79. The Labute approximate surface area is 155 Å². The van der Waals surface area contributed by atoms with Gasteiger partial charge in [-0.15, -0.1) is 0 Å². The predicted molar refractivity (Wildman–Crippen MR) is 94.2 cm³/mol. The van der Waals surface area contributed by atoms with E-state index in [9.17, 15) is 26.8 Å². The Bertz CT molecular complexity index is 1000. The number of sulfone groups is 1. The van der Waals surface area contributed by atoms with Crippen molar-refractivity contribution >= 4 is 27.4 Å². The van der Waals surface area contributed by atoms with E-state index in [0.29, 0.717) is 5.56 Å². The minimum absolute atomic E-state index is 0.00273. The smallest absolute Gasteiger partial charge is 0.339 e. The standard InChI is InChI=1S/C18H17F2NO5S/c1-10-4-6-13(27(3,24)25)9-14(10)18(23)26-11(2)17(22)21-12-5-7-15(19)16(20)8-12/h4-9,11H,1-3H3,(H,21,22)/t11-/m0/s1. The maximum atomic E-state index is 13.2. The van der Waals surface area contributed by atoms with E-state index in [0.717, 1.165) is 24.5 Å². The number of halogens is 2. The third kappa shape index (κ3) is 5.10. The molecule has 0 unspecified atom stereocenters. The lowest BCUT2D eigenvalue weighted by Crippen LogP contribution is -2.30. The zero-order valence-electron chi connectivity index (χ0n) is 14.7. The summed E-state index contributed by atoms with van der Waals surface area (Å²) in [7, 11) is -3.52. The number of carbonyl (C=O) groups excluding carboxylic acids is 2. The van der Waals surface area contributed by atoms with Crippen LogP contribution >= 0.6 is 0 Å². The summed E-state index contributed by atoms with van der Waals surface area (Å²) < 4.78 is 54.4. The van der Waals surface area contributed by atoms with Crippen molar-refractivity contribution in [1.29, 1.82) is 0 Å². The minimum Gasteiger partial charge on any atom is -0.449 e. The number of hydrogen-bond donors (Lipinski definition) is 1. The van der Waals surface area contributed by atoms with Crippen LogP contribution in [0.3, 0.4) is 0 Å². The molecule has 2 rings (SSSR count). The second-order valence-corrected chi connectivity index (χ2v) is 7.93. The van der Waals surface area contributed by atoms with Gasteiger partial charge in [0.15, 0.2) is 27.6 Å². The first-order valence-electron chi connectivity index (χ1n) is 7.76. The van der Waals surface area contributed by atoms with Crippen molar-refractivity contribution in [3.05, 3.63) is 59.2 Å². The Hall–Kier alpha value is -2.81. The summed E-state index contributed by atoms with van der Waals surface area (Å²) in [5.74, 6) is -3.84. The molecule has 1 atom stereocenters. The van der Waals surface area contributed by atoms with Gasteiger partial charge in [-0.2, -0.15) is 0 Å². The third-order valence-electron chi connectivity index (χ3n) is 3.70. The molecule has 0 aliphatic heterocycles. The molecule has 1 amide bonds. The summed E-state index contributed by atoms with van der Waals surface area (Å²) in [5.41, 5.74) is 0.475. The second-order valence-electron chi connectivity index (χ2n) is 5.91. The molecule has 0 saturated heterocycles. The van der Waals surface area contributed by atoms with Gasteiger partial charge in [0.2, 0.25) is 0 Å². The lowest BCUT2D eigenvalue weighted by Gasteiger charge is -2.15. The van der Waals surface area contributed by atoms with Gasteiger partial charge < -0.3 is 10.1 Å². The fraction of sp³-hybridized carbons (Fsp3) is 0.222. The quantitative estimate of drug-likeness (QED) is 0.784. The molecule has 9 heteroatoms. The molecular weight excluding hydrogens is 380 g/mol. The SMILES string of the molecule is Cc1ccc(S(C)(=O)=O)cc1C(=O)O[C@@H](C)C(=O)Nc1ccc(F)c(F)c1. The summed E-state index contributed by atoms with van der Waals surface area (Å²) in [6.07, 6.45) is -0.253. The maximum absolute atomic E-state index is 13.2. The van der Waals surface area contributed by atoms with E-state index in [1.54, 1.807) is 6.92 Å². The number of amides is 1. The van der Waals surface area contributed by atoms with E-state index in [4.69, 9.17) is 4.74 Å². The molecule has 0 aliphatic rings. The van der Waals surface area contributed by atoms with Crippen molar-refractivity contribution in [2.45, 2.75) is 24.8 Å². The number of carbonyl (C=O) groups is 2. The van der Waals surface area contributed by atoms with Crippen molar-refractivity contribution in [1.82, 2.24) is 0 Å². The Morgan fingerprint density at radius 3 is 2.33 bits per heavy atom. The molecule has 0 aliphatic carbocycles. The molecule has 0 spiro atoms. The van der Waals surface area contributed by atoms with Crippen LogP contribution < -0.4 is 5.32 Å². The van der Waals surface area contributed by atoms with E-state index in [1.807, 2.05) is 0 Å². The highest BCUT2D eigenvalue weighted by Crippen LogP contribution is 2.18. The highest BCUT2D eigenvalue weighted by atomic mass is 32.2. The van der Waals surface area contributed by atoms with Gasteiger partial charge in [0.1, 0.15) is 0 Å². The average Bonchev–Trinajstić information content (AvgIpc) is 2.57. The van der Waals surface area contributed by atoms with Crippen LogP contribution in [0.25, 0.3) is 0 Å². The molecule has 6 nitrogen and oxygen atoms in total. The number of benzene rings is 2. The van der Waals surface area contributed by atoms with Gasteiger partial charge >= 0.3 is 5.97 Å². The van der Waals surface area contributed by atoms with Crippen molar-refractivity contribution in [2.75, 3.05) is 11.6 Å². The Morgan fingerprint density at radius 2 is 1.74 bits per heavy atom. The number of hydrogen-bond acceptors (Lipinski definition) is 5. The van der Waals surface area contributed by atoms with Crippen LogP contribution in [0.1, 0.15) is 22.8 Å².